The van der Waals surface area contributed by atoms with Crippen molar-refractivity contribution in [2.45, 2.75) is 33.1 Å². The first-order valence-electron chi connectivity index (χ1n) is 7.06. The van der Waals surface area contributed by atoms with Crippen LogP contribution in [0.4, 0.5) is 0 Å². The molecular weight excluding hydrogens is 345 g/mol. The number of nitrogens with zero attached hydrogens (tertiary/aromatic N) is 1. The second-order valence-electron chi connectivity index (χ2n) is 5.35. The van der Waals surface area contributed by atoms with Crippen molar-refractivity contribution in [1.82, 2.24) is 10.3 Å². The molecule has 0 spiro atoms. The molecule has 0 bridgehead atoms. The molecule has 1 aromatic heterocycles. The number of nitrogens with two attached hydrogens (primary N) is 1. The zero-order valence-corrected chi connectivity index (χ0v) is 15.5. The van der Waals surface area contributed by atoms with Crippen LogP contribution in [0.2, 0.25) is 0 Å². The molecule has 0 aliphatic carbocycles. The number of hydrogen-bond acceptors (Lipinski definition) is 5. The number of aromatic nitrogens is 1. The Kier molecular flexibility index (Phi) is 9.50. The molecule has 2 heterocycles. The van der Waals surface area contributed by atoms with E-state index in [4.69, 9.17) is 10.5 Å². The van der Waals surface area contributed by atoms with Crippen molar-refractivity contribution in [2.75, 3.05) is 26.3 Å². The van der Waals surface area contributed by atoms with Gasteiger partial charge in [0.05, 0.1) is 16.1 Å². The Labute approximate surface area is 148 Å². The van der Waals surface area contributed by atoms with Crippen LogP contribution >= 0.6 is 36.2 Å². The fraction of sp³-hybridized carbons (Fsp3) is 0.714. The first kappa shape index (κ1) is 21.6. The molecule has 0 radical (unpaired) electrons. The van der Waals surface area contributed by atoms with E-state index < -0.39 is 5.41 Å². The van der Waals surface area contributed by atoms with Gasteiger partial charge in [-0.1, -0.05) is 0 Å². The molecule has 5 nitrogen and oxygen atoms in total. The van der Waals surface area contributed by atoms with Crippen molar-refractivity contribution < 1.29 is 9.53 Å². The van der Waals surface area contributed by atoms with Crippen molar-refractivity contribution in [3.63, 3.8) is 0 Å². The quantitative estimate of drug-likeness (QED) is 0.831. The molecule has 0 saturated carbocycles. The third-order valence-corrected chi connectivity index (χ3v) is 5.15. The van der Waals surface area contributed by atoms with Crippen LogP contribution in [0.3, 0.4) is 0 Å². The number of carbonyl (C=O) groups is 1. The molecule has 1 aliphatic rings. The van der Waals surface area contributed by atoms with E-state index >= 15 is 0 Å². The largest absolute Gasteiger partial charge is 0.381 e. The second kappa shape index (κ2) is 9.67. The summed E-state index contributed by atoms with van der Waals surface area (Å²) >= 11 is 1.70. The summed E-state index contributed by atoms with van der Waals surface area (Å²) in [6, 6.07) is 0. The molecule has 1 saturated heterocycles. The summed E-state index contributed by atoms with van der Waals surface area (Å²) in [5.74, 6) is 0.0632. The summed E-state index contributed by atoms with van der Waals surface area (Å²) in [5, 5.41) is 4.09. The Morgan fingerprint density at radius 3 is 2.50 bits per heavy atom. The van der Waals surface area contributed by atoms with Crippen LogP contribution in [-0.2, 0) is 16.0 Å². The molecule has 1 amide bonds. The predicted molar refractivity (Wildman–Crippen MR) is 94.3 cm³/mol. The molecule has 0 unspecified atom stereocenters. The van der Waals surface area contributed by atoms with Crippen LogP contribution in [0.25, 0.3) is 0 Å². The van der Waals surface area contributed by atoms with Gasteiger partial charge in [-0.15, -0.1) is 36.2 Å². The second-order valence-corrected chi connectivity index (χ2v) is 6.64. The Bertz CT molecular complexity index is 457. The maximum Gasteiger partial charge on any atom is 0.227 e. The molecule has 1 aromatic rings. The van der Waals surface area contributed by atoms with Gasteiger partial charge in [0.1, 0.15) is 0 Å². The van der Waals surface area contributed by atoms with E-state index in [1.807, 2.05) is 6.92 Å². The van der Waals surface area contributed by atoms with Gasteiger partial charge in [0.25, 0.3) is 0 Å². The van der Waals surface area contributed by atoms with Crippen molar-refractivity contribution in [2.24, 2.45) is 11.1 Å². The van der Waals surface area contributed by atoms with Crippen LogP contribution in [0, 0.1) is 19.3 Å². The van der Waals surface area contributed by atoms with E-state index in [0.717, 1.165) is 17.1 Å². The summed E-state index contributed by atoms with van der Waals surface area (Å²) in [6.45, 7) is 6.33. The number of ether oxygens (including phenoxy) is 1. The van der Waals surface area contributed by atoms with Gasteiger partial charge >= 0.3 is 0 Å². The number of carbonyl (C=O) groups excluding carboxylic acids is 1. The smallest absolute Gasteiger partial charge is 0.227 e. The maximum atomic E-state index is 12.3. The van der Waals surface area contributed by atoms with E-state index in [1.54, 1.807) is 11.3 Å². The van der Waals surface area contributed by atoms with Crippen LogP contribution in [0.15, 0.2) is 0 Å². The molecule has 3 N–H and O–H groups in total. The maximum absolute atomic E-state index is 12.3. The number of aryl methyl sites for hydroxylation is 2. The highest BCUT2D eigenvalue weighted by Crippen LogP contribution is 2.29. The van der Waals surface area contributed by atoms with Gasteiger partial charge in [-0.05, 0) is 26.7 Å². The monoisotopic (exact) mass is 369 g/mol. The molecule has 8 heteroatoms. The highest BCUT2D eigenvalue weighted by molar-refractivity contribution is 7.11. The molecule has 22 heavy (non-hydrogen) atoms. The number of rotatable bonds is 5. The van der Waals surface area contributed by atoms with Crippen LogP contribution in [0.1, 0.15) is 28.4 Å². The summed E-state index contributed by atoms with van der Waals surface area (Å²) in [7, 11) is 0. The average Bonchev–Trinajstić information content (AvgIpc) is 2.78. The lowest BCUT2D eigenvalue weighted by molar-refractivity contribution is -0.135. The molecule has 1 aliphatic heterocycles. The lowest BCUT2D eigenvalue weighted by atomic mass is 9.79. The Hall–Kier alpha value is -0.400. The van der Waals surface area contributed by atoms with Gasteiger partial charge in [-0.3, -0.25) is 4.79 Å². The minimum absolute atomic E-state index is 0. The number of nitrogens with one attached hydrogen (secondary N) is 1. The van der Waals surface area contributed by atoms with Gasteiger partial charge in [0.15, 0.2) is 0 Å². The molecule has 0 atom stereocenters. The fourth-order valence-corrected chi connectivity index (χ4v) is 3.34. The van der Waals surface area contributed by atoms with Crippen molar-refractivity contribution in [3.05, 3.63) is 15.6 Å². The van der Waals surface area contributed by atoms with Crippen molar-refractivity contribution >= 4 is 42.1 Å². The Morgan fingerprint density at radius 2 is 2.00 bits per heavy atom. The van der Waals surface area contributed by atoms with Crippen molar-refractivity contribution in [1.29, 1.82) is 0 Å². The van der Waals surface area contributed by atoms with Crippen molar-refractivity contribution in [3.8, 4) is 0 Å². The van der Waals surface area contributed by atoms with Gasteiger partial charge in [-0.2, -0.15) is 0 Å². The summed E-state index contributed by atoms with van der Waals surface area (Å²) in [4.78, 5) is 18.1. The average molecular weight is 370 g/mol. The van der Waals surface area contributed by atoms with Crippen LogP contribution in [0.5, 0.6) is 0 Å². The van der Waals surface area contributed by atoms with Crippen LogP contribution < -0.4 is 11.1 Å². The number of thiazole rings is 1. The van der Waals surface area contributed by atoms with E-state index in [-0.39, 0.29) is 30.7 Å². The normalized spacial score (nSPS) is 16.3. The Morgan fingerprint density at radius 1 is 1.36 bits per heavy atom. The highest BCUT2D eigenvalue weighted by Gasteiger charge is 2.38. The first-order valence-corrected chi connectivity index (χ1v) is 7.88. The van der Waals surface area contributed by atoms with Gasteiger partial charge < -0.3 is 15.8 Å². The zero-order valence-electron chi connectivity index (χ0n) is 13.0. The van der Waals surface area contributed by atoms with E-state index in [1.165, 1.54) is 4.88 Å². The minimum Gasteiger partial charge on any atom is -0.381 e. The third-order valence-electron chi connectivity index (χ3n) is 4.02. The molecule has 1 fully saturated rings. The molecule has 0 aromatic carbocycles. The minimum atomic E-state index is -0.438. The SMILES string of the molecule is Cc1nc(CCNC(=O)C2(CN)CCOCC2)sc1C.Cl.Cl. The topological polar surface area (TPSA) is 77.2 Å². The van der Waals surface area contributed by atoms with E-state index in [0.29, 0.717) is 39.1 Å². The lowest BCUT2D eigenvalue weighted by Gasteiger charge is -2.34. The number of halogens is 2. The van der Waals surface area contributed by atoms with E-state index in [2.05, 4.69) is 17.2 Å². The predicted octanol–water partition coefficient (Wildman–Crippen LogP) is 2.02. The van der Waals surface area contributed by atoms with Gasteiger partial charge in [0, 0.05) is 37.6 Å². The van der Waals surface area contributed by atoms with Gasteiger partial charge in [-0.25, -0.2) is 4.98 Å². The standard InChI is InChI=1S/C14H23N3O2S.2ClH/c1-10-11(2)20-12(17-10)3-6-16-13(18)14(9-15)4-7-19-8-5-14;;/h3-9,15H2,1-2H3,(H,16,18);2*1H. The first-order chi connectivity index (χ1) is 9.57. The summed E-state index contributed by atoms with van der Waals surface area (Å²) < 4.78 is 5.32. The molecule has 128 valence electrons. The summed E-state index contributed by atoms with van der Waals surface area (Å²) in [6.07, 6.45) is 2.21. The Balaban J connectivity index is 0.00000220. The number of hydrogen-bond donors (Lipinski definition) is 2. The highest BCUT2D eigenvalue weighted by atomic mass is 35.5. The zero-order chi connectivity index (χ0) is 14.6. The summed E-state index contributed by atoms with van der Waals surface area (Å²) in [5.41, 5.74) is 6.46. The fourth-order valence-electron chi connectivity index (χ4n) is 2.40. The molecular formula is C14H25Cl2N3O2S. The number of amides is 1. The van der Waals surface area contributed by atoms with E-state index in [9.17, 15) is 4.79 Å². The molecule has 2 rings (SSSR count). The van der Waals surface area contributed by atoms with Gasteiger partial charge in [0.2, 0.25) is 5.91 Å². The third kappa shape index (κ3) is 5.06. The van der Waals surface area contributed by atoms with Crippen LogP contribution in [-0.4, -0.2) is 37.2 Å². The lowest BCUT2D eigenvalue weighted by Crippen LogP contribution is -2.49.